The Morgan fingerprint density at radius 2 is 2.00 bits per heavy atom. The van der Waals surface area contributed by atoms with E-state index in [1.54, 1.807) is 0 Å². The van der Waals surface area contributed by atoms with Crippen molar-refractivity contribution in [2.75, 3.05) is 0 Å². The second kappa shape index (κ2) is 3.35. The van der Waals surface area contributed by atoms with Crippen LogP contribution < -0.4 is 5.73 Å². The Morgan fingerprint density at radius 1 is 1.33 bits per heavy atom. The Morgan fingerprint density at radius 3 is 2.60 bits per heavy atom. The van der Waals surface area contributed by atoms with Crippen LogP contribution in [0.25, 0.3) is 11.0 Å². The molecule has 0 spiro atoms. The summed E-state index contributed by atoms with van der Waals surface area (Å²) in [5.41, 5.74) is 8.25. The summed E-state index contributed by atoms with van der Waals surface area (Å²) in [6.07, 6.45) is 0. The summed E-state index contributed by atoms with van der Waals surface area (Å²) in [4.78, 5) is 0. The van der Waals surface area contributed by atoms with Crippen LogP contribution in [0.4, 0.5) is 4.39 Å². The molecule has 1 atom stereocenters. The van der Waals surface area contributed by atoms with Gasteiger partial charge in [-0.15, -0.1) is 0 Å². The zero-order valence-electron chi connectivity index (χ0n) is 9.10. The second-order valence-electron chi connectivity index (χ2n) is 3.98. The maximum atomic E-state index is 13.2. The molecule has 0 saturated heterocycles. The van der Waals surface area contributed by atoms with Gasteiger partial charge in [-0.2, -0.15) is 0 Å². The summed E-state index contributed by atoms with van der Waals surface area (Å²) in [6.45, 7) is 5.60. The van der Waals surface area contributed by atoms with Gasteiger partial charge in [-0.05, 0) is 38.5 Å². The molecular weight excluding hydrogens is 193 g/mol. The molecule has 80 valence electrons. The highest BCUT2D eigenvalue weighted by Gasteiger charge is 2.15. The van der Waals surface area contributed by atoms with Crippen molar-refractivity contribution in [1.29, 1.82) is 0 Å². The highest BCUT2D eigenvalue weighted by atomic mass is 19.1. The van der Waals surface area contributed by atoms with Gasteiger partial charge in [0.15, 0.2) is 0 Å². The van der Waals surface area contributed by atoms with Gasteiger partial charge in [0.25, 0.3) is 0 Å². The summed E-state index contributed by atoms with van der Waals surface area (Å²) in [5, 5.41) is 0.819. The van der Waals surface area contributed by atoms with E-state index in [0.717, 1.165) is 27.9 Å². The molecule has 0 fully saturated rings. The SMILES string of the molecule is Cc1c(C(C)N)oc2c(C)cc(F)cc12. The number of furan rings is 1. The fourth-order valence-electron chi connectivity index (χ4n) is 1.90. The van der Waals surface area contributed by atoms with E-state index in [-0.39, 0.29) is 11.9 Å². The average Bonchev–Trinajstić information content (AvgIpc) is 2.44. The first-order chi connectivity index (χ1) is 7.00. The maximum Gasteiger partial charge on any atom is 0.137 e. The molecule has 1 heterocycles. The van der Waals surface area contributed by atoms with Gasteiger partial charge in [0, 0.05) is 10.9 Å². The third kappa shape index (κ3) is 1.53. The number of rotatable bonds is 1. The number of nitrogens with two attached hydrogens (primary N) is 1. The molecule has 2 aromatic rings. The van der Waals surface area contributed by atoms with Crippen molar-refractivity contribution in [2.45, 2.75) is 26.8 Å². The molecule has 15 heavy (non-hydrogen) atoms. The molecule has 0 aliphatic rings. The fraction of sp³-hybridized carbons (Fsp3) is 0.333. The Bertz CT molecular complexity index is 514. The number of fused-ring (bicyclic) bond motifs is 1. The topological polar surface area (TPSA) is 39.2 Å². The second-order valence-corrected chi connectivity index (χ2v) is 3.98. The number of halogens is 1. The lowest BCUT2D eigenvalue weighted by atomic mass is 10.1. The van der Waals surface area contributed by atoms with E-state index in [0.29, 0.717) is 0 Å². The number of hydrogen-bond donors (Lipinski definition) is 1. The predicted molar refractivity (Wildman–Crippen MR) is 58.2 cm³/mol. The normalized spacial score (nSPS) is 13.4. The van der Waals surface area contributed by atoms with Crippen molar-refractivity contribution in [1.82, 2.24) is 0 Å². The van der Waals surface area contributed by atoms with Crippen LogP contribution in [0.15, 0.2) is 16.5 Å². The van der Waals surface area contributed by atoms with Gasteiger partial charge in [0.1, 0.15) is 17.2 Å². The zero-order valence-corrected chi connectivity index (χ0v) is 9.10. The van der Waals surface area contributed by atoms with Crippen LogP contribution in [-0.4, -0.2) is 0 Å². The monoisotopic (exact) mass is 207 g/mol. The van der Waals surface area contributed by atoms with Crippen LogP contribution in [0.5, 0.6) is 0 Å². The zero-order chi connectivity index (χ0) is 11.2. The largest absolute Gasteiger partial charge is 0.459 e. The summed E-state index contributed by atoms with van der Waals surface area (Å²) in [5.74, 6) is 0.499. The van der Waals surface area contributed by atoms with Crippen LogP contribution in [-0.2, 0) is 0 Å². The minimum Gasteiger partial charge on any atom is -0.459 e. The highest BCUT2D eigenvalue weighted by Crippen LogP contribution is 2.31. The van der Waals surface area contributed by atoms with E-state index in [9.17, 15) is 4.39 Å². The first-order valence-electron chi connectivity index (χ1n) is 4.95. The van der Waals surface area contributed by atoms with E-state index in [1.807, 2.05) is 20.8 Å². The molecule has 1 unspecified atom stereocenters. The molecule has 0 amide bonds. The minimum atomic E-state index is -0.236. The summed E-state index contributed by atoms with van der Waals surface area (Å²) >= 11 is 0. The van der Waals surface area contributed by atoms with Crippen molar-refractivity contribution in [3.05, 3.63) is 34.8 Å². The fourth-order valence-corrected chi connectivity index (χ4v) is 1.90. The van der Waals surface area contributed by atoms with Gasteiger partial charge in [-0.3, -0.25) is 0 Å². The summed E-state index contributed by atoms with van der Waals surface area (Å²) in [7, 11) is 0. The Kier molecular flexibility index (Phi) is 2.27. The summed E-state index contributed by atoms with van der Waals surface area (Å²) < 4.78 is 18.9. The molecule has 3 heteroatoms. The molecule has 2 rings (SSSR count). The lowest BCUT2D eigenvalue weighted by Gasteiger charge is -2.00. The third-order valence-electron chi connectivity index (χ3n) is 2.64. The van der Waals surface area contributed by atoms with Crippen LogP contribution in [0.1, 0.15) is 29.9 Å². The lowest BCUT2D eigenvalue weighted by molar-refractivity contribution is 0.507. The van der Waals surface area contributed by atoms with Crippen LogP contribution in [0.3, 0.4) is 0 Å². The average molecular weight is 207 g/mol. The molecule has 0 radical (unpaired) electrons. The van der Waals surface area contributed by atoms with Crippen LogP contribution >= 0.6 is 0 Å². The highest BCUT2D eigenvalue weighted by molar-refractivity contribution is 5.84. The molecule has 2 N–H and O–H groups in total. The van der Waals surface area contributed by atoms with Crippen molar-refractivity contribution in [3.8, 4) is 0 Å². The molecule has 0 saturated carbocycles. The molecule has 0 aliphatic carbocycles. The quantitative estimate of drug-likeness (QED) is 0.779. The molecule has 2 nitrogen and oxygen atoms in total. The maximum absolute atomic E-state index is 13.2. The van der Waals surface area contributed by atoms with Crippen LogP contribution in [0.2, 0.25) is 0 Å². The lowest BCUT2D eigenvalue weighted by Crippen LogP contribution is -2.04. The Hall–Kier alpha value is -1.35. The van der Waals surface area contributed by atoms with Crippen molar-refractivity contribution in [2.24, 2.45) is 5.73 Å². The van der Waals surface area contributed by atoms with Gasteiger partial charge in [0.05, 0.1) is 6.04 Å². The first kappa shape index (κ1) is 10.2. The number of benzene rings is 1. The van der Waals surface area contributed by atoms with Crippen molar-refractivity contribution in [3.63, 3.8) is 0 Å². The predicted octanol–water partition coefficient (Wildman–Crippen LogP) is 3.21. The molecular formula is C12H14FNO. The number of aryl methyl sites for hydroxylation is 2. The first-order valence-corrected chi connectivity index (χ1v) is 4.95. The van der Waals surface area contributed by atoms with Gasteiger partial charge >= 0.3 is 0 Å². The molecule has 0 aliphatic heterocycles. The molecule has 1 aromatic heterocycles. The molecule has 1 aromatic carbocycles. The van der Waals surface area contributed by atoms with Crippen LogP contribution in [0, 0.1) is 19.7 Å². The smallest absolute Gasteiger partial charge is 0.137 e. The van der Waals surface area contributed by atoms with E-state index >= 15 is 0 Å². The van der Waals surface area contributed by atoms with E-state index in [4.69, 9.17) is 10.2 Å². The Labute approximate surface area is 87.9 Å². The minimum absolute atomic E-state index is 0.167. The number of hydrogen-bond acceptors (Lipinski definition) is 2. The molecule has 0 bridgehead atoms. The van der Waals surface area contributed by atoms with E-state index in [1.165, 1.54) is 12.1 Å². The van der Waals surface area contributed by atoms with Gasteiger partial charge in [0.2, 0.25) is 0 Å². The van der Waals surface area contributed by atoms with Crippen molar-refractivity contribution < 1.29 is 8.81 Å². The summed E-state index contributed by atoms with van der Waals surface area (Å²) in [6, 6.07) is 2.79. The van der Waals surface area contributed by atoms with E-state index < -0.39 is 0 Å². The standard InChI is InChI=1S/C12H14FNO/c1-6-4-9(13)5-10-7(2)12(8(3)14)15-11(6)10/h4-5,8H,14H2,1-3H3. The van der Waals surface area contributed by atoms with E-state index in [2.05, 4.69) is 0 Å². The third-order valence-corrected chi connectivity index (χ3v) is 2.64. The van der Waals surface area contributed by atoms with Gasteiger partial charge in [-0.1, -0.05) is 0 Å². The Balaban J connectivity index is 2.82. The van der Waals surface area contributed by atoms with Crippen molar-refractivity contribution >= 4 is 11.0 Å². The van der Waals surface area contributed by atoms with Gasteiger partial charge < -0.3 is 10.2 Å². The van der Waals surface area contributed by atoms with Gasteiger partial charge in [-0.25, -0.2) is 4.39 Å².